The Balaban J connectivity index is 1.86. The monoisotopic (exact) mass is 282 g/mol. The molecule has 0 N–H and O–H groups in total. The molecule has 1 aromatic rings. The molecule has 2 rings (SSSR count). The number of hydrogen-bond acceptors (Lipinski definition) is 5. The normalized spacial score (nSPS) is 14.4. The summed E-state index contributed by atoms with van der Waals surface area (Å²) in [5.74, 6) is -0.266. The van der Waals surface area contributed by atoms with Crippen molar-refractivity contribution < 1.29 is 14.3 Å². The second-order valence-corrected chi connectivity index (χ2v) is 5.68. The van der Waals surface area contributed by atoms with Crippen molar-refractivity contribution in [3.05, 3.63) is 21.9 Å². The molecule has 0 radical (unpaired) electrons. The lowest BCUT2D eigenvalue weighted by Crippen LogP contribution is -2.42. The SMILES string of the molecule is COC(=O)CN(C)CC(=O)N1CCc2sccc2C1. The molecule has 0 aliphatic carbocycles. The minimum Gasteiger partial charge on any atom is -0.468 e. The molecule has 0 unspecified atom stereocenters. The van der Waals surface area contributed by atoms with E-state index in [2.05, 4.69) is 16.2 Å². The van der Waals surface area contributed by atoms with Crippen molar-refractivity contribution in [3.8, 4) is 0 Å². The molecule has 1 aliphatic heterocycles. The third-order valence-corrected chi connectivity index (χ3v) is 4.22. The average molecular weight is 282 g/mol. The van der Waals surface area contributed by atoms with Crippen molar-refractivity contribution in [3.63, 3.8) is 0 Å². The maximum Gasteiger partial charge on any atom is 0.319 e. The first-order valence-corrected chi connectivity index (χ1v) is 7.06. The molecule has 104 valence electrons. The first-order chi connectivity index (χ1) is 9.10. The summed E-state index contributed by atoms with van der Waals surface area (Å²) in [7, 11) is 3.09. The van der Waals surface area contributed by atoms with Crippen LogP contribution in [0.2, 0.25) is 0 Å². The Labute approximate surface area is 116 Å². The minimum atomic E-state index is -0.325. The van der Waals surface area contributed by atoms with Crippen LogP contribution in [0, 0.1) is 0 Å². The second-order valence-electron chi connectivity index (χ2n) is 4.68. The lowest BCUT2D eigenvalue weighted by molar-refractivity contribution is -0.142. The molecule has 0 aromatic carbocycles. The summed E-state index contributed by atoms with van der Waals surface area (Å²) in [6.07, 6.45) is 0.930. The fourth-order valence-electron chi connectivity index (χ4n) is 2.13. The molecule has 1 amide bonds. The van der Waals surface area contributed by atoms with E-state index in [0.29, 0.717) is 6.54 Å². The van der Waals surface area contributed by atoms with E-state index < -0.39 is 0 Å². The van der Waals surface area contributed by atoms with Crippen molar-refractivity contribution in [2.24, 2.45) is 0 Å². The topological polar surface area (TPSA) is 49.9 Å². The fraction of sp³-hybridized carbons (Fsp3) is 0.538. The van der Waals surface area contributed by atoms with Crippen LogP contribution in [-0.4, -0.2) is 55.5 Å². The second kappa shape index (κ2) is 6.16. The number of hydrogen-bond donors (Lipinski definition) is 0. The summed E-state index contributed by atoms with van der Waals surface area (Å²) < 4.78 is 4.58. The maximum atomic E-state index is 12.1. The van der Waals surface area contributed by atoms with Crippen LogP contribution in [0.3, 0.4) is 0 Å². The fourth-order valence-corrected chi connectivity index (χ4v) is 3.02. The predicted octanol–water partition coefficient (Wildman–Crippen LogP) is 0.738. The zero-order chi connectivity index (χ0) is 13.8. The van der Waals surface area contributed by atoms with E-state index >= 15 is 0 Å². The highest BCUT2D eigenvalue weighted by Gasteiger charge is 2.22. The van der Waals surface area contributed by atoms with Gasteiger partial charge in [0.25, 0.3) is 0 Å². The number of thiophene rings is 1. The van der Waals surface area contributed by atoms with Crippen molar-refractivity contribution in [1.82, 2.24) is 9.80 Å². The number of esters is 1. The van der Waals surface area contributed by atoms with Gasteiger partial charge >= 0.3 is 5.97 Å². The minimum absolute atomic E-state index is 0.0586. The Bertz CT molecular complexity index is 472. The zero-order valence-electron chi connectivity index (χ0n) is 11.2. The first kappa shape index (κ1) is 14.0. The van der Waals surface area contributed by atoms with E-state index in [9.17, 15) is 9.59 Å². The van der Waals surface area contributed by atoms with Gasteiger partial charge in [0.05, 0.1) is 20.2 Å². The molecular weight excluding hydrogens is 264 g/mol. The Morgan fingerprint density at radius 2 is 2.26 bits per heavy atom. The lowest BCUT2D eigenvalue weighted by atomic mass is 10.1. The molecule has 1 aliphatic rings. The van der Waals surface area contributed by atoms with E-state index in [0.717, 1.165) is 13.0 Å². The van der Waals surface area contributed by atoms with Crippen LogP contribution in [0.15, 0.2) is 11.4 Å². The van der Waals surface area contributed by atoms with Gasteiger partial charge in [-0.1, -0.05) is 0 Å². The van der Waals surface area contributed by atoms with Gasteiger partial charge in [-0.2, -0.15) is 0 Å². The van der Waals surface area contributed by atoms with Gasteiger partial charge in [0.2, 0.25) is 5.91 Å². The van der Waals surface area contributed by atoms with Crippen LogP contribution in [0.5, 0.6) is 0 Å². The molecule has 6 heteroatoms. The number of ether oxygens (including phenoxy) is 1. The highest BCUT2D eigenvalue weighted by atomic mass is 32.1. The van der Waals surface area contributed by atoms with Gasteiger partial charge in [-0.05, 0) is 30.5 Å². The largest absolute Gasteiger partial charge is 0.468 e. The van der Waals surface area contributed by atoms with E-state index in [1.54, 1.807) is 23.3 Å². The van der Waals surface area contributed by atoms with Gasteiger partial charge in [-0.25, -0.2) is 0 Å². The Hall–Kier alpha value is -1.40. The highest BCUT2D eigenvalue weighted by molar-refractivity contribution is 7.10. The quantitative estimate of drug-likeness (QED) is 0.764. The third-order valence-electron chi connectivity index (χ3n) is 3.19. The summed E-state index contributed by atoms with van der Waals surface area (Å²) in [4.78, 5) is 28.2. The maximum absolute atomic E-state index is 12.1. The van der Waals surface area contributed by atoms with Crippen LogP contribution < -0.4 is 0 Å². The summed E-state index contributed by atoms with van der Waals surface area (Å²) >= 11 is 1.75. The summed E-state index contributed by atoms with van der Waals surface area (Å²) in [5.41, 5.74) is 1.25. The molecule has 0 bridgehead atoms. The van der Waals surface area contributed by atoms with Crippen LogP contribution in [0.4, 0.5) is 0 Å². The summed E-state index contributed by atoms with van der Waals surface area (Å²) in [5, 5.41) is 2.07. The molecule has 1 aromatic heterocycles. The van der Waals surface area contributed by atoms with Gasteiger partial charge in [0.1, 0.15) is 0 Å². The zero-order valence-corrected chi connectivity index (χ0v) is 12.0. The van der Waals surface area contributed by atoms with E-state index in [4.69, 9.17) is 0 Å². The summed E-state index contributed by atoms with van der Waals surface area (Å²) in [6.45, 7) is 1.83. The van der Waals surface area contributed by atoms with E-state index in [1.807, 2.05) is 4.90 Å². The van der Waals surface area contributed by atoms with Gasteiger partial charge in [0, 0.05) is 18.0 Å². The van der Waals surface area contributed by atoms with Gasteiger partial charge in [-0.3, -0.25) is 14.5 Å². The number of carbonyl (C=O) groups is 2. The van der Waals surface area contributed by atoms with E-state index in [-0.39, 0.29) is 25.0 Å². The third kappa shape index (κ3) is 3.54. The molecular formula is C13H18N2O3S. The number of nitrogens with zero attached hydrogens (tertiary/aromatic N) is 2. The Morgan fingerprint density at radius 1 is 1.47 bits per heavy atom. The number of fused-ring (bicyclic) bond motifs is 1. The molecule has 0 saturated heterocycles. The standard InChI is InChI=1S/C13H18N2O3S/c1-14(9-13(17)18-2)8-12(16)15-5-3-11-10(7-15)4-6-19-11/h4,6H,3,5,7-9H2,1-2H3. The molecule has 0 spiro atoms. The molecule has 0 atom stereocenters. The van der Waals surface area contributed by atoms with Crippen molar-refractivity contribution in [1.29, 1.82) is 0 Å². The van der Waals surface area contributed by atoms with Crippen LogP contribution in [0.1, 0.15) is 10.4 Å². The lowest BCUT2D eigenvalue weighted by Gasteiger charge is -2.28. The van der Waals surface area contributed by atoms with Crippen LogP contribution >= 0.6 is 11.3 Å². The van der Waals surface area contributed by atoms with E-state index in [1.165, 1.54) is 17.6 Å². The van der Waals surface area contributed by atoms with Crippen molar-refractivity contribution >= 4 is 23.2 Å². The molecule has 5 nitrogen and oxygen atoms in total. The smallest absolute Gasteiger partial charge is 0.319 e. The number of carbonyl (C=O) groups excluding carboxylic acids is 2. The van der Waals surface area contributed by atoms with Gasteiger partial charge in [0.15, 0.2) is 0 Å². The van der Waals surface area contributed by atoms with Crippen LogP contribution in [-0.2, 0) is 27.3 Å². The van der Waals surface area contributed by atoms with Gasteiger partial charge in [-0.15, -0.1) is 11.3 Å². The van der Waals surface area contributed by atoms with Crippen molar-refractivity contribution in [2.75, 3.05) is 33.8 Å². The Kier molecular flexibility index (Phi) is 4.55. The predicted molar refractivity (Wildman–Crippen MR) is 73.0 cm³/mol. The Morgan fingerprint density at radius 3 is 3.00 bits per heavy atom. The molecule has 0 saturated carbocycles. The van der Waals surface area contributed by atoms with Crippen molar-refractivity contribution in [2.45, 2.75) is 13.0 Å². The number of rotatable bonds is 4. The summed E-state index contributed by atoms with van der Waals surface area (Å²) in [6, 6.07) is 2.08. The average Bonchev–Trinajstić information content (AvgIpc) is 2.85. The molecule has 2 heterocycles. The number of likely N-dealkylation sites (N-methyl/N-ethyl adjacent to an activating group) is 1. The molecule has 0 fully saturated rings. The first-order valence-electron chi connectivity index (χ1n) is 6.18. The van der Waals surface area contributed by atoms with Gasteiger partial charge < -0.3 is 9.64 Å². The number of methoxy groups -OCH3 is 1. The number of amides is 1. The molecule has 19 heavy (non-hydrogen) atoms. The highest BCUT2D eigenvalue weighted by Crippen LogP contribution is 2.23. The van der Waals surface area contributed by atoms with Crippen LogP contribution in [0.25, 0.3) is 0 Å².